The van der Waals surface area contributed by atoms with Gasteiger partial charge in [-0.15, -0.1) is 0 Å². The minimum Gasteiger partial charge on any atom is -0.478 e. The summed E-state index contributed by atoms with van der Waals surface area (Å²) in [6, 6.07) is 7.46. The van der Waals surface area contributed by atoms with Gasteiger partial charge in [0.15, 0.2) is 0 Å². The molecule has 3 nitrogen and oxygen atoms in total. The van der Waals surface area contributed by atoms with Crippen molar-refractivity contribution in [3.8, 4) is 0 Å². The molecular formula is C14H19NO2. The fraction of sp³-hybridized carbons (Fsp3) is 0.500. The molecule has 1 aromatic carbocycles. The Bertz CT molecular complexity index is 397. The number of carboxylic acids is 1. The van der Waals surface area contributed by atoms with Gasteiger partial charge < -0.3 is 10.4 Å². The van der Waals surface area contributed by atoms with Crippen LogP contribution in [0.1, 0.15) is 43.0 Å². The highest BCUT2D eigenvalue weighted by Gasteiger charge is 2.22. The molecule has 1 aliphatic rings. The van der Waals surface area contributed by atoms with Gasteiger partial charge in [0, 0.05) is 11.7 Å². The molecule has 2 N–H and O–H groups in total. The van der Waals surface area contributed by atoms with Crippen LogP contribution in [-0.2, 0) is 0 Å². The zero-order chi connectivity index (χ0) is 12.3. The van der Waals surface area contributed by atoms with Crippen LogP contribution >= 0.6 is 0 Å². The van der Waals surface area contributed by atoms with Crippen molar-refractivity contribution in [3.05, 3.63) is 29.8 Å². The molecule has 0 bridgehead atoms. The van der Waals surface area contributed by atoms with Gasteiger partial charge in [-0.2, -0.15) is 0 Å². The van der Waals surface area contributed by atoms with Gasteiger partial charge in [-0.1, -0.05) is 25.0 Å². The SMILES string of the molecule is CC(Nc1ccccc1C(=O)O)C1CCCC1. The van der Waals surface area contributed by atoms with Crippen LogP contribution < -0.4 is 5.32 Å². The zero-order valence-electron chi connectivity index (χ0n) is 10.1. The van der Waals surface area contributed by atoms with E-state index < -0.39 is 5.97 Å². The Morgan fingerprint density at radius 3 is 2.65 bits per heavy atom. The maximum absolute atomic E-state index is 11.1. The van der Waals surface area contributed by atoms with Crippen LogP contribution in [-0.4, -0.2) is 17.1 Å². The van der Waals surface area contributed by atoms with Crippen LogP contribution in [0.5, 0.6) is 0 Å². The van der Waals surface area contributed by atoms with E-state index in [1.807, 2.05) is 12.1 Å². The normalized spacial score (nSPS) is 17.9. The number of carbonyl (C=O) groups is 1. The third-order valence-electron chi connectivity index (χ3n) is 3.65. The number of hydrogen-bond donors (Lipinski definition) is 2. The Kier molecular flexibility index (Phi) is 3.67. The summed E-state index contributed by atoms with van der Waals surface area (Å²) in [5.74, 6) is -0.191. The van der Waals surface area contributed by atoms with Crippen molar-refractivity contribution in [1.29, 1.82) is 0 Å². The van der Waals surface area contributed by atoms with E-state index in [0.29, 0.717) is 17.5 Å². The third kappa shape index (κ3) is 2.78. The molecule has 0 spiro atoms. The molecule has 1 aromatic rings. The lowest BCUT2D eigenvalue weighted by Crippen LogP contribution is -2.24. The summed E-state index contributed by atoms with van der Waals surface area (Å²) in [5, 5.41) is 12.5. The Morgan fingerprint density at radius 1 is 1.35 bits per heavy atom. The molecule has 0 aromatic heterocycles. The summed E-state index contributed by atoms with van der Waals surface area (Å²) in [5.41, 5.74) is 1.09. The van der Waals surface area contributed by atoms with Crippen molar-refractivity contribution in [3.63, 3.8) is 0 Å². The van der Waals surface area contributed by atoms with Crippen LogP contribution in [0.4, 0.5) is 5.69 Å². The minimum absolute atomic E-state index is 0.345. The smallest absolute Gasteiger partial charge is 0.337 e. The minimum atomic E-state index is -0.869. The van der Waals surface area contributed by atoms with Crippen molar-refractivity contribution in [2.75, 3.05) is 5.32 Å². The van der Waals surface area contributed by atoms with Gasteiger partial charge in [0.2, 0.25) is 0 Å². The van der Waals surface area contributed by atoms with E-state index in [1.165, 1.54) is 25.7 Å². The van der Waals surface area contributed by atoms with Gasteiger partial charge in [-0.25, -0.2) is 4.79 Å². The van der Waals surface area contributed by atoms with Crippen LogP contribution in [0, 0.1) is 5.92 Å². The van der Waals surface area contributed by atoms with Crippen LogP contribution in [0.25, 0.3) is 0 Å². The van der Waals surface area contributed by atoms with Gasteiger partial charge in [-0.3, -0.25) is 0 Å². The monoisotopic (exact) mass is 233 g/mol. The number of hydrogen-bond acceptors (Lipinski definition) is 2. The maximum Gasteiger partial charge on any atom is 0.337 e. The largest absolute Gasteiger partial charge is 0.478 e. The summed E-state index contributed by atoms with van der Waals surface area (Å²) >= 11 is 0. The molecule has 0 aliphatic heterocycles. The number of benzene rings is 1. The Balaban J connectivity index is 2.09. The molecule has 92 valence electrons. The van der Waals surface area contributed by atoms with E-state index >= 15 is 0 Å². The molecule has 3 heteroatoms. The first-order valence-corrected chi connectivity index (χ1v) is 6.27. The lowest BCUT2D eigenvalue weighted by Gasteiger charge is -2.22. The molecule has 17 heavy (non-hydrogen) atoms. The highest BCUT2D eigenvalue weighted by atomic mass is 16.4. The van der Waals surface area contributed by atoms with E-state index in [-0.39, 0.29) is 0 Å². The molecule has 0 amide bonds. The van der Waals surface area contributed by atoms with Crippen molar-refractivity contribution < 1.29 is 9.90 Å². The molecule has 1 saturated carbocycles. The number of para-hydroxylation sites is 1. The summed E-state index contributed by atoms with van der Waals surface area (Å²) in [4.78, 5) is 11.1. The molecule has 0 saturated heterocycles. The number of carboxylic acid groups (broad SMARTS) is 1. The molecule has 2 rings (SSSR count). The zero-order valence-corrected chi connectivity index (χ0v) is 10.1. The van der Waals surface area contributed by atoms with Gasteiger partial charge >= 0.3 is 5.97 Å². The second kappa shape index (κ2) is 5.21. The lowest BCUT2D eigenvalue weighted by molar-refractivity contribution is 0.0698. The number of rotatable bonds is 4. The molecule has 0 heterocycles. The summed E-state index contributed by atoms with van der Waals surface area (Å²) in [7, 11) is 0. The Hall–Kier alpha value is -1.51. The van der Waals surface area contributed by atoms with E-state index in [0.717, 1.165) is 5.69 Å². The average Bonchev–Trinajstić information content (AvgIpc) is 2.83. The van der Waals surface area contributed by atoms with Crippen molar-refractivity contribution in [2.45, 2.75) is 38.6 Å². The fourth-order valence-corrected chi connectivity index (χ4v) is 2.62. The Morgan fingerprint density at radius 2 is 2.00 bits per heavy atom. The van der Waals surface area contributed by atoms with Crippen molar-refractivity contribution >= 4 is 11.7 Å². The van der Waals surface area contributed by atoms with E-state index in [1.54, 1.807) is 12.1 Å². The summed E-state index contributed by atoms with van der Waals surface area (Å²) in [6.07, 6.45) is 5.11. The standard InChI is InChI=1S/C14H19NO2/c1-10(11-6-2-3-7-11)15-13-9-5-4-8-12(13)14(16)17/h4-5,8-11,15H,2-3,6-7H2,1H3,(H,16,17). The average molecular weight is 233 g/mol. The first kappa shape index (κ1) is 12.0. The van der Waals surface area contributed by atoms with Gasteiger partial charge in [-0.05, 0) is 37.8 Å². The quantitative estimate of drug-likeness (QED) is 0.838. The van der Waals surface area contributed by atoms with E-state index in [9.17, 15) is 4.79 Å². The number of aromatic carboxylic acids is 1. The highest BCUT2D eigenvalue weighted by Crippen LogP contribution is 2.29. The molecule has 1 aliphatic carbocycles. The van der Waals surface area contributed by atoms with E-state index in [2.05, 4.69) is 12.2 Å². The van der Waals surface area contributed by atoms with Gasteiger partial charge in [0.1, 0.15) is 0 Å². The summed E-state index contributed by atoms with van der Waals surface area (Å²) in [6.45, 7) is 2.15. The Labute approximate surface area is 102 Å². The topological polar surface area (TPSA) is 49.3 Å². The lowest BCUT2D eigenvalue weighted by atomic mass is 9.99. The maximum atomic E-state index is 11.1. The molecule has 1 atom stereocenters. The van der Waals surface area contributed by atoms with Crippen LogP contribution in [0.15, 0.2) is 24.3 Å². The van der Waals surface area contributed by atoms with E-state index in [4.69, 9.17) is 5.11 Å². The highest BCUT2D eigenvalue weighted by molar-refractivity contribution is 5.94. The third-order valence-corrected chi connectivity index (χ3v) is 3.65. The van der Waals surface area contributed by atoms with Crippen LogP contribution in [0.2, 0.25) is 0 Å². The molecule has 1 unspecified atom stereocenters. The first-order valence-electron chi connectivity index (χ1n) is 6.27. The second-order valence-electron chi connectivity index (χ2n) is 4.83. The van der Waals surface area contributed by atoms with Gasteiger partial charge in [0.25, 0.3) is 0 Å². The molecule has 1 fully saturated rings. The number of anilines is 1. The summed E-state index contributed by atoms with van der Waals surface area (Å²) < 4.78 is 0. The first-order chi connectivity index (χ1) is 8.18. The fourth-order valence-electron chi connectivity index (χ4n) is 2.62. The van der Waals surface area contributed by atoms with Crippen molar-refractivity contribution in [2.24, 2.45) is 5.92 Å². The molecular weight excluding hydrogens is 214 g/mol. The molecule has 0 radical (unpaired) electrons. The van der Waals surface area contributed by atoms with Crippen LogP contribution in [0.3, 0.4) is 0 Å². The number of nitrogens with one attached hydrogen (secondary N) is 1. The second-order valence-corrected chi connectivity index (χ2v) is 4.83. The predicted octanol–water partition coefficient (Wildman–Crippen LogP) is 3.38. The van der Waals surface area contributed by atoms with Crippen molar-refractivity contribution in [1.82, 2.24) is 0 Å². The predicted molar refractivity (Wildman–Crippen MR) is 68.4 cm³/mol. The van der Waals surface area contributed by atoms with Gasteiger partial charge in [0.05, 0.1) is 5.56 Å².